The number of esters is 1. The minimum atomic E-state index is -0.670. The molecule has 0 radical (unpaired) electrons. The molecule has 0 bridgehead atoms. The van der Waals surface area contributed by atoms with Crippen molar-refractivity contribution in [3.8, 4) is 29.3 Å². The standard InChI is InChI=1S/C19H15ClN2O5/c1-24-15-11-16(25-2)22-19(21-15)27-14-10-6-9-13(20)17(14)18(23)26-12-7-4-3-5-8-12/h3-11H,1-2H3. The normalized spacial score (nSPS) is 10.2. The van der Waals surface area contributed by atoms with Gasteiger partial charge in [-0.3, -0.25) is 0 Å². The summed E-state index contributed by atoms with van der Waals surface area (Å²) in [6, 6.07) is 14.8. The second kappa shape index (κ2) is 8.37. The molecule has 0 saturated heterocycles. The van der Waals surface area contributed by atoms with Crippen molar-refractivity contribution in [2.75, 3.05) is 14.2 Å². The topological polar surface area (TPSA) is 79.8 Å². The SMILES string of the molecule is COc1cc(OC)nc(Oc2cccc(Cl)c2C(=O)Oc2ccccc2)n1. The van der Waals surface area contributed by atoms with E-state index in [0.29, 0.717) is 5.75 Å². The average molecular weight is 387 g/mol. The summed E-state index contributed by atoms with van der Waals surface area (Å²) in [4.78, 5) is 20.8. The molecule has 3 rings (SSSR count). The molecular formula is C19H15ClN2O5. The van der Waals surface area contributed by atoms with Crippen molar-refractivity contribution in [3.63, 3.8) is 0 Å². The number of hydrogen-bond acceptors (Lipinski definition) is 7. The van der Waals surface area contributed by atoms with Gasteiger partial charge in [-0.15, -0.1) is 0 Å². The quantitative estimate of drug-likeness (QED) is 0.464. The van der Waals surface area contributed by atoms with Crippen molar-refractivity contribution < 1.29 is 23.7 Å². The van der Waals surface area contributed by atoms with Gasteiger partial charge in [0.1, 0.15) is 17.1 Å². The van der Waals surface area contributed by atoms with Gasteiger partial charge in [0.2, 0.25) is 11.8 Å². The minimum absolute atomic E-state index is 0.0495. The van der Waals surface area contributed by atoms with E-state index in [1.54, 1.807) is 42.5 Å². The lowest BCUT2D eigenvalue weighted by Crippen LogP contribution is -2.11. The Bertz CT molecular complexity index is 928. The fraction of sp³-hybridized carbons (Fsp3) is 0.105. The number of rotatable bonds is 6. The summed E-state index contributed by atoms with van der Waals surface area (Å²) in [7, 11) is 2.90. The number of ether oxygens (including phenoxy) is 4. The van der Waals surface area contributed by atoms with Crippen molar-refractivity contribution >= 4 is 17.6 Å². The van der Waals surface area contributed by atoms with Crippen LogP contribution in [0.25, 0.3) is 0 Å². The van der Waals surface area contributed by atoms with Crippen molar-refractivity contribution in [1.82, 2.24) is 9.97 Å². The summed E-state index contributed by atoms with van der Waals surface area (Å²) < 4.78 is 21.2. The molecule has 1 heterocycles. The molecule has 0 aliphatic heterocycles. The highest BCUT2D eigenvalue weighted by atomic mass is 35.5. The third-order valence-corrected chi connectivity index (χ3v) is 3.73. The first kappa shape index (κ1) is 18.5. The Balaban J connectivity index is 1.93. The zero-order valence-corrected chi connectivity index (χ0v) is 15.3. The molecule has 0 unspecified atom stereocenters. The van der Waals surface area contributed by atoms with Gasteiger partial charge in [0.15, 0.2) is 0 Å². The van der Waals surface area contributed by atoms with Gasteiger partial charge in [-0.1, -0.05) is 35.9 Å². The number of halogens is 1. The largest absolute Gasteiger partial charge is 0.481 e. The number of carbonyl (C=O) groups is 1. The van der Waals surface area contributed by atoms with Crippen molar-refractivity contribution in [3.05, 3.63) is 65.2 Å². The van der Waals surface area contributed by atoms with Gasteiger partial charge in [-0.25, -0.2) is 4.79 Å². The maximum Gasteiger partial charge on any atom is 0.348 e. The lowest BCUT2D eigenvalue weighted by molar-refractivity contribution is 0.0732. The number of benzene rings is 2. The Morgan fingerprint density at radius 1 is 0.926 bits per heavy atom. The molecule has 1 aromatic heterocycles. The van der Waals surface area contributed by atoms with Crippen molar-refractivity contribution in [2.24, 2.45) is 0 Å². The number of hydrogen-bond donors (Lipinski definition) is 0. The van der Waals surface area contributed by atoms with Gasteiger partial charge in [0.05, 0.1) is 25.3 Å². The molecule has 0 spiro atoms. The Labute approximate surface area is 160 Å². The molecule has 0 N–H and O–H groups in total. The predicted octanol–water partition coefficient (Wildman–Crippen LogP) is 4.16. The van der Waals surface area contributed by atoms with E-state index in [0.717, 1.165) is 0 Å². The van der Waals surface area contributed by atoms with Crippen LogP contribution in [0.4, 0.5) is 0 Å². The highest BCUT2D eigenvalue weighted by Gasteiger charge is 2.21. The van der Waals surface area contributed by atoms with Crippen LogP contribution in [0, 0.1) is 0 Å². The Kier molecular flexibility index (Phi) is 5.73. The molecule has 138 valence electrons. The fourth-order valence-electron chi connectivity index (χ4n) is 2.17. The van der Waals surface area contributed by atoms with Crippen LogP contribution in [0.3, 0.4) is 0 Å². The highest BCUT2D eigenvalue weighted by Crippen LogP contribution is 2.31. The van der Waals surface area contributed by atoms with E-state index in [-0.39, 0.29) is 34.1 Å². The smallest absolute Gasteiger partial charge is 0.348 e. The predicted molar refractivity (Wildman–Crippen MR) is 98.1 cm³/mol. The highest BCUT2D eigenvalue weighted by molar-refractivity contribution is 6.34. The van der Waals surface area contributed by atoms with E-state index >= 15 is 0 Å². The van der Waals surface area contributed by atoms with Crippen LogP contribution in [0.5, 0.6) is 29.3 Å². The number of para-hydroxylation sites is 1. The fourth-order valence-corrected chi connectivity index (χ4v) is 2.41. The number of methoxy groups -OCH3 is 2. The van der Waals surface area contributed by atoms with E-state index in [1.165, 1.54) is 20.3 Å². The third-order valence-electron chi connectivity index (χ3n) is 3.41. The Hall–Kier alpha value is -3.32. The molecule has 8 heteroatoms. The van der Waals surface area contributed by atoms with E-state index in [9.17, 15) is 4.79 Å². The first-order valence-electron chi connectivity index (χ1n) is 7.81. The molecule has 0 saturated carbocycles. The number of nitrogens with zero attached hydrogens (tertiary/aromatic N) is 2. The average Bonchev–Trinajstić information content (AvgIpc) is 2.68. The van der Waals surface area contributed by atoms with Crippen LogP contribution in [0.1, 0.15) is 10.4 Å². The molecule has 0 aliphatic rings. The Morgan fingerprint density at radius 3 is 2.22 bits per heavy atom. The van der Waals surface area contributed by atoms with Gasteiger partial charge in [0.25, 0.3) is 0 Å². The summed E-state index contributed by atoms with van der Waals surface area (Å²) in [5.41, 5.74) is 0.0495. The van der Waals surface area contributed by atoms with Gasteiger partial charge in [0, 0.05) is 0 Å². The first-order valence-corrected chi connectivity index (χ1v) is 8.19. The maximum absolute atomic E-state index is 12.6. The van der Waals surface area contributed by atoms with Gasteiger partial charge in [-0.2, -0.15) is 9.97 Å². The van der Waals surface area contributed by atoms with E-state index in [1.807, 2.05) is 6.07 Å². The molecule has 2 aromatic carbocycles. The molecule has 0 atom stereocenters. The molecular weight excluding hydrogens is 372 g/mol. The van der Waals surface area contributed by atoms with Gasteiger partial charge < -0.3 is 18.9 Å². The summed E-state index contributed by atoms with van der Waals surface area (Å²) in [5.74, 6) is 0.336. The molecule has 3 aromatic rings. The number of aromatic nitrogens is 2. The van der Waals surface area contributed by atoms with Crippen LogP contribution >= 0.6 is 11.6 Å². The molecule has 0 aliphatic carbocycles. The molecule has 0 amide bonds. The summed E-state index contributed by atoms with van der Waals surface area (Å²) in [6.45, 7) is 0. The Morgan fingerprint density at radius 2 is 1.59 bits per heavy atom. The zero-order valence-electron chi connectivity index (χ0n) is 14.5. The summed E-state index contributed by atoms with van der Waals surface area (Å²) in [5, 5.41) is 0.170. The second-order valence-electron chi connectivity index (χ2n) is 5.15. The molecule has 0 fully saturated rings. The number of carbonyl (C=O) groups excluding carboxylic acids is 1. The monoisotopic (exact) mass is 386 g/mol. The zero-order chi connectivity index (χ0) is 19.2. The van der Waals surface area contributed by atoms with Crippen LogP contribution in [-0.2, 0) is 0 Å². The van der Waals surface area contributed by atoms with Crippen molar-refractivity contribution in [1.29, 1.82) is 0 Å². The lowest BCUT2D eigenvalue weighted by Gasteiger charge is -2.12. The third kappa shape index (κ3) is 4.45. The van der Waals surface area contributed by atoms with Crippen LogP contribution < -0.4 is 18.9 Å². The summed E-state index contributed by atoms with van der Waals surface area (Å²) in [6.07, 6.45) is 0. The maximum atomic E-state index is 12.6. The van der Waals surface area contributed by atoms with Crippen LogP contribution in [0.2, 0.25) is 5.02 Å². The van der Waals surface area contributed by atoms with Crippen LogP contribution in [0.15, 0.2) is 54.6 Å². The first-order chi connectivity index (χ1) is 13.1. The van der Waals surface area contributed by atoms with Gasteiger partial charge >= 0.3 is 12.0 Å². The van der Waals surface area contributed by atoms with E-state index in [2.05, 4.69) is 9.97 Å². The lowest BCUT2D eigenvalue weighted by atomic mass is 10.2. The minimum Gasteiger partial charge on any atom is -0.481 e. The second-order valence-corrected chi connectivity index (χ2v) is 5.56. The van der Waals surface area contributed by atoms with Crippen LogP contribution in [-0.4, -0.2) is 30.2 Å². The molecule has 7 nitrogen and oxygen atoms in total. The summed E-state index contributed by atoms with van der Waals surface area (Å²) >= 11 is 6.20. The van der Waals surface area contributed by atoms with E-state index in [4.69, 9.17) is 30.5 Å². The van der Waals surface area contributed by atoms with Gasteiger partial charge in [-0.05, 0) is 24.3 Å². The van der Waals surface area contributed by atoms with E-state index < -0.39 is 5.97 Å². The molecule has 27 heavy (non-hydrogen) atoms. The van der Waals surface area contributed by atoms with Crippen molar-refractivity contribution in [2.45, 2.75) is 0 Å².